The van der Waals surface area contributed by atoms with Crippen LogP contribution < -0.4 is 4.90 Å². The summed E-state index contributed by atoms with van der Waals surface area (Å²) < 4.78 is 0. The van der Waals surface area contributed by atoms with E-state index in [0.29, 0.717) is 0 Å². The molecular weight excluding hydrogens is 136 g/mol. The summed E-state index contributed by atoms with van der Waals surface area (Å²) >= 11 is 0. The first-order chi connectivity index (χ1) is 5.25. The Morgan fingerprint density at radius 1 is 1.55 bits per heavy atom. The minimum absolute atomic E-state index is 0.961. The van der Waals surface area contributed by atoms with Crippen molar-refractivity contribution in [3.8, 4) is 0 Å². The summed E-state index contributed by atoms with van der Waals surface area (Å²) in [6, 6.07) is 3.90. The molecule has 0 amide bonds. The maximum absolute atomic E-state index is 4.20. The summed E-state index contributed by atoms with van der Waals surface area (Å²) in [7, 11) is 3.94. The van der Waals surface area contributed by atoms with Gasteiger partial charge in [-0.15, -0.1) is 0 Å². The molecule has 0 saturated heterocycles. The first-order valence-corrected chi connectivity index (χ1v) is 3.50. The molecule has 2 heteroatoms. The predicted octanol–water partition coefficient (Wildman–Crippen LogP) is 1.79. The van der Waals surface area contributed by atoms with E-state index in [9.17, 15) is 0 Å². The Morgan fingerprint density at radius 2 is 2.27 bits per heavy atom. The number of aromatic nitrogens is 1. The lowest BCUT2D eigenvalue weighted by atomic mass is 10.2. The van der Waals surface area contributed by atoms with Gasteiger partial charge < -0.3 is 4.90 Å². The molecule has 0 spiro atoms. The first-order valence-electron chi connectivity index (χ1n) is 3.50. The highest BCUT2D eigenvalue weighted by Gasteiger charge is 1.99. The smallest absolute Gasteiger partial charge is 0.135 e. The zero-order valence-corrected chi connectivity index (χ0v) is 6.91. The zero-order valence-electron chi connectivity index (χ0n) is 6.91. The molecule has 2 nitrogen and oxygen atoms in total. The SMILES string of the molecule is C=Cc1cccnc1N(C)C. The van der Waals surface area contributed by atoms with Crippen LogP contribution in [0.5, 0.6) is 0 Å². The summed E-state index contributed by atoms with van der Waals surface area (Å²) in [6.07, 6.45) is 3.59. The summed E-state index contributed by atoms with van der Waals surface area (Å²) in [4.78, 5) is 6.17. The molecule has 0 aliphatic rings. The fourth-order valence-corrected chi connectivity index (χ4v) is 0.942. The average molecular weight is 148 g/mol. The average Bonchev–Trinajstić information content (AvgIpc) is 2.04. The molecule has 0 unspecified atom stereocenters. The number of hydrogen-bond donors (Lipinski definition) is 0. The number of rotatable bonds is 2. The van der Waals surface area contributed by atoms with E-state index < -0.39 is 0 Å². The molecule has 11 heavy (non-hydrogen) atoms. The van der Waals surface area contributed by atoms with Gasteiger partial charge in [-0.25, -0.2) is 4.98 Å². The summed E-state index contributed by atoms with van der Waals surface area (Å²) in [6.45, 7) is 3.71. The van der Waals surface area contributed by atoms with Gasteiger partial charge in [-0.05, 0) is 12.1 Å². The second-order valence-corrected chi connectivity index (χ2v) is 2.51. The zero-order chi connectivity index (χ0) is 8.27. The molecule has 0 bridgehead atoms. The summed E-state index contributed by atoms with van der Waals surface area (Å²) in [5.41, 5.74) is 1.07. The molecule has 0 atom stereocenters. The van der Waals surface area contributed by atoms with E-state index in [1.165, 1.54) is 0 Å². The van der Waals surface area contributed by atoms with Crippen molar-refractivity contribution in [1.82, 2.24) is 4.98 Å². The number of hydrogen-bond acceptors (Lipinski definition) is 2. The highest BCUT2D eigenvalue weighted by molar-refractivity contribution is 5.61. The van der Waals surface area contributed by atoms with Crippen LogP contribution in [-0.4, -0.2) is 19.1 Å². The van der Waals surface area contributed by atoms with Gasteiger partial charge in [0.15, 0.2) is 0 Å². The van der Waals surface area contributed by atoms with Crippen molar-refractivity contribution in [2.45, 2.75) is 0 Å². The topological polar surface area (TPSA) is 16.1 Å². The fourth-order valence-electron chi connectivity index (χ4n) is 0.942. The Balaban J connectivity index is 3.12. The van der Waals surface area contributed by atoms with Gasteiger partial charge in [0, 0.05) is 25.9 Å². The molecule has 0 fully saturated rings. The van der Waals surface area contributed by atoms with Crippen molar-refractivity contribution < 1.29 is 0 Å². The summed E-state index contributed by atoms with van der Waals surface area (Å²) in [5, 5.41) is 0. The van der Waals surface area contributed by atoms with Crippen LogP contribution in [-0.2, 0) is 0 Å². The predicted molar refractivity (Wildman–Crippen MR) is 48.7 cm³/mol. The minimum Gasteiger partial charge on any atom is -0.362 e. The third-order valence-electron chi connectivity index (χ3n) is 1.46. The van der Waals surface area contributed by atoms with Gasteiger partial charge in [0.25, 0.3) is 0 Å². The largest absolute Gasteiger partial charge is 0.362 e. The van der Waals surface area contributed by atoms with Crippen molar-refractivity contribution in [2.24, 2.45) is 0 Å². The van der Waals surface area contributed by atoms with Crippen LogP contribution >= 0.6 is 0 Å². The highest BCUT2D eigenvalue weighted by Crippen LogP contribution is 2.14. The van der Waals surface area contributed by atoms with E-state index >= 15 is 0 Å². The van der Waals surface area contributed by atoms with Gasteiger partial charge in [-0.2, -0.15) is 0 Å². The molecule has 1 heterocycles. The Kier molecular flexibility index (Phi) is 2.26. The lowest BCUT2D eigenvalue weighted by molar-refractivity contribution is 1.06. The van der Waals surface area contributed by atoms with Crippen LogP contribution in [0.15, 0.2) is 24.9 Å². The Hall–Kier alpha value is -1.31. The van der Waals surface area contributed by atoms with E-state index in [1.54, 1.807) is 6.20 Å². The lowest BCUT2D eigenvalue weighted by Gasteiger charge is -2.12. The monoisotopic (exact) mass is 148 g/mol. The molecular formula is C9H12N2. The van der Waals surface area contributed by atoms with Gasteiger partial charge in [-0.3, -0.25) is 0 Å². The molecule has 58 valence electrons. The van der Waals surface area contributed by atoms with Gasteiger partial charge in [0.2, 0.25) is 0 Å². The van der Waals surface area contributed by atoms with Crippen LogP contribution in [0.25, 0.3) is 6.08 Å². The van der Waals surface area contributed by atoms with Gasteiger partial charge >= 0.3 is 0 Å². The molecule has 0 saturated carbocycles. The van der Waals surface area contributed by atoms with Gasteiger partial charge in [0.05, 0.1) is 0 Å². The quantitative estimate of drug-likeness (QED) is 0.635. The van der Waals surface area contributed by atoms with Crippen molar-refractivity contribution in [1.29, 1.82) is 0 Å². The maximum atomic E-state index is 4.20. The van der Waals surface area contributed by atoms with Crippen molar-refractivity contribution >= 4 is 11.9 Å². The first kappa shape index (κ1) is 7.79. The van der Waals surface area contributed by atoms with Gasteiger partial charge in [-0.1, -0.05) is 12.7 Å². The van der Waals surface area contributed by atoms with E-state index in [-0.39, 0.29) is 0 Å². The van der Waals surface area contributed by atoms with E-state index in [2.05, 4.69) is 11.6 Å². The van der Waals surface area contributed by atoms with Gasteiger partial charge in [0.1, 0.15) is 5.82 Å². The molecule has 0 N–H and O–H groups in total. The van der Waals surface area contributed by atoms with Crippen molar-refractivity contribution in [2.75, 3.05) is 19.0 Å². The van der Waals surface area contributed by atoms with Crippen LogP contribution in [0.2, 0.25) is 0 Å². The molecule has 0 aliphatic carbocycles. The number of pyridine rings is 1. The van der Waals surface area contributed by atoms with E-state index in [4.69, 9.17) is 0 Å². The van der Waals surface area contributed by atoms with E-state index in [0.717, 1.165) is 11.4 Å². The Labute approximate surface area is 67.2 Å². The molecule has 0 aliphatic heterocycles. The lowest BCUT2D eigenvalue weighted by Crippen LogP contribution is -2.11. The Bertz CT molecular complexity index is 253. The molecule has 1 rings (SSSR count). The third kappa shape index (κ3) is 1.58. The minimum atomic E-state index is 0.961. The number of nitrogens with zero attached hydrogens (tertiary/aromatic N) is 2. The van der Waals surface area contributed by atoms with Crippen LogP contribution in [0.4, 0.5) is 5.82 Å². The molecule has 1 aromatic heterocycles. The summed E-state index contributed by atoms with van der Waals surface area (Å²) in [5.74, 6) is 0.961. The molecule has 1 aromatic rings. The van der Waals surface area contributed by atoms with Crippen LogP contribution in [0.1, 0.15) is 5.56 Å². The normalized spacial score (nSPS) is 9.27. The molecule has 0 aromatic carbocycles. The Morgan fingerprint density at radius 3 is 2.73 bits per heavy atom. The fraction of sp³-hybridized carbons (Fsp3) is 0.222. The standard InChI is InChI=1S/C9H12N2/c1-4-8-6-5-7-10-9(8)11(2)3/h4-7H,1H2,2-3H3. The maximum Gasteiger partial charge on any atom is 0.135 e. The third-order valence-corrected chi connectivity index (χ3v) is 1.46. The number of anilines is 1. The molecule has 0 radical (unpaired) electrons. The van der Waals surface area contributed by atoms with E-state index in [1.807, 2.05) is 37.2 Å². The van der Waals surface area contributed by atoms with Crippen LogP contribution in [0.3, 0.4) is 0 Å². The second-order valence-electron chi connectivity index (χ2n) is 2.51. The van der Waals surface area contributed by atoms with Crippen molar-refractivity contribution in [3.05, 3.63) is 30.5 Å². The van der Waals surface area contributed by atoms with Crippen molar-refractivity contribution in [3.63, 3.8) is 0 Å². The van der Waals surface area contributed by atoms with Crippen LogP contribution in [0, 0.1) is 0 Å². The second kappa shape index (κ2) is 3.19. The highest BCUT2D eigenvalue weighted by atomic mass is 15.1.